The molecule has 0 aliphatic carbocycles. The maximum atomic E-state index is 13.1. The number of amides is 1. The van der Waals surface area contributed by atoms with E-state index >= 15 is 0 Å². The molecule has 2 heterocycles. The lowest BCUT2D eigenvalue weighted by molar-refractivity contribution is -0.121. The standard InChI is InChI=1S/C20H18N4O3/c1-3-10-23-17-11-14(8-9-18(17)27-12-19(23)25)20(26)13(2)24-16-7-5-4-6-15(16)21-22-24/h3-9,11,13H,1,10,12H2,2H3. The van der Waals surface area contributed by atoms with Crippen molar-refractivity contribution in [3.8, 4) is 5.75 Å². The summed E-state index contributed by atoms with van der Waals surface area (Å²) in [6.45, 7) is 5.81. The van der Waals surface area contributed by atoms with Gasteiger partial charge >= 0.3 is 0 Å². The fraction of sp³-hybridized carbons (Fsp3) is 0.200. The molecule has 136 valence electrons. The second-order valence-electron chi connectivity index (χ2n) is 6.33. The quantitative estimate of drug-likeness (QED) is 0.515. The highest BCUT2D eigenvalue weighted by Crippen LogP contribution is 2.34. The van der Waals surface area contributed by atoms with Gasteiger partial charge < -0.3 is 9.64 Å². The van der Waals surface area contributed by atoms with Crippen LogP contribution in [0.5, 0.6) is 5.75 Å². The highest BCUT2D eigenvalue weighted by molar-refractivity contribution is 6.03. The molecule has 0 saturated carbocycles. The van der Waals surface area contributed by atoms with Gasteiger partial charge in [0.25, 0.3) is 5.91 Å². The molecule has 4 rings (SSSR count). The third-order valence-electron chi connectivity index (χ3n) is 4.62. The molecule has 7 nitrogen and oxygen atoms in total. The second kappa shape index (κ2) is 6.68. The number of carbonyl (C=O) groups is 2. The van der Waals surface area contributed by atoms with Gasteiger partial charge in [-0.15, -0.1) is 11.7 Å². The predicted molar refractivity (Wildman–Crippen MR) is 101 cm³/mol. The fourth-order valence-electron chi connectivity index (χ4n) is 3.21. The number of benzene rings is 2. The van der Waals surface area contributed by atoms with Crippen LogP contribution in [0.1, 0.15) is 23.3 Å². The van der Waals surface area contributed by atoms with Crippen molar-refractivity contribution < 1.29 is 14.3 Å². The SMILES string of the molecule is C=CCN1C(=O)COc2ccc(C(=O)C(C)n3nnc4ccccc43)cc21. The Kier molecular flexibility index (Phi) is 4.19. The summed E-state index contributed by atoms with van der Waals surface area (Å²) in [5.74, 6) is 0.291. The van der Waals surface area contributed by atoms with Crippen LogP contribution in [0.3, 0.4) is 0 Å². The number of para-hydroxylation sites is 1. The van der Waals surface area contributed by atoms with Gasteiger partial charge in [-0.3, -0.25) is 9.59 Å². The summed E-state index contributed by atoms with van der Waals surface area (Å²) in [4.78, 5) is 26.8. The Morgan fingerprint density at radius 2 is 2.15 bits per heavy atom. The number of rotatable bonds is 5. The van der Waals surface area contributed by atoms with Crippen molar-refractivity contribution in [2.24, 2.45) is 0 Å². The van der Waals surface area contributed by atoms with Crippen LogP contribution in [0.25, 0.3) is 11.0 Å². The first kappa shape index (κ1) is 17.0. The minimum absolute atomic E-state index is 0.0184. The van der Waals surface area contributed by atoms with Gasteiger partial charge in [-0.1, -0.05) is 23.4 Å². The number of Topliss-reactive ketones (excluding diaryl/α,β-unsaturated/α-hetero) is 1. The lowest BCUT2D eigenvalue weighted by Gasteiger charge is -2.29. The van der Waals surface area contributed by atoms with Gasteiger partial charge in [0.2, 0.25) is 0 Å². The third-order valence-corrected chi connectivity index (χ3v) is 4.62. The van der Waals surface area contributed by atoms with Crippen molar-refractivity contribution >= 4 is 28.4 Å². The Bertz CT molecular complexity index is 1060. The van der Waals surface area contributed by atoms with E-state index in [9.17, 15) is 9.59 Å². The molecule has 0 spiro atoms. The minimum Gasteiger partial charge on any atom is -0.482 e. The van der Waals surface area contributed by atoms with Crippen LogP contribution < -0.4 is 9.64 Å². The van der Waals surface area contributed by atoms with Crippen molar-refractivity contribution in [1.29, 1.82) is 0 Å². The van der Waals surface area contributed by atoms with Crippen LogP contribution in [-0.2, 0) is 4.79 Å². The summed E-state index contributed by atoms with van der Waals surface area (Å²) in [6.07, 6.45) is 1.64. The lowest BCUT2D eigenvalue weighted by atomic mass is 10.0. The molecule has 0 N–H and O–H groups in total. The highest BCUT2D eigenvalue weighted by atomic mass is 16.5. The largest absolute Gasteiger partial charge is 0.482 e. The molecule has 1 amide bonds. The molecule has 3 aromatic rings. The average molecular weight is 362 g/mol. The Labute approximate surface area is 155 Å². The van der Waals surface area contributed by atoms with Gasteiger partial charge in [-0.2, -0.15) is 0 Å². The predicted octanol–water partition coefficient (Wildman–Crippen LogP) is 2.79. The fourth-order valence-corrected chi connectivity index (χ4v) is 3.21. The van der Waals surface area contributed by atoms with Gasteiger partial charge in [0.1, 0.15) is 17.3 Å². The zero-order valence-corrected chi connectivity index (χ0v) is 14.8. The van der Waals surface area contributed by atoms with Gasteiger partial charge in [0.15, 0.2) is 12.4 Å². The van der Waals surface area contributed by atoms with E-state index in [0.29, 0.717) is 23.5 Å². The molecule has 1 atom stereocenters. The van der Waals surface area contributed by atoms with E-state index in [2.05, 4.69) is 16.9 Å². The first-order valence-electron chi connectivity index (χ1n) is 8.62. The topological polar surface area (TPSA) is 77.3 Å². The van der Waals surface area contributed by atoms with E-state index in [1.807, 2.05) is 24.3 Å². The van der Waals surface area contributed by atoms with Crippen LogP contribution in [-0.4, -0.2) is 39.8 Å². The van der Waals surface area contributed by atoms with E-state index in [1.165, 1.54) is 0 Å². The summed E-state index contributed by atoms with van der Waals surface area (Å²) in [7, 11) is 0. The molecule has 1 aliphatic heterocycles. The number of aromatic nitrogens is 3. The van der Waals surface area contributed by atoms with Crippen molar-refractivity contribution in [1.82, 2.24) is 15.0 Å². The van der Waals surface area contributed by atoms with Gasteiger partial charge in [-0.05, 0) is 37.3 Å². The zero-order valence-electron chi connectivity index (χ0n) is 14.8. The van der Waals surface area contributed by atoms with Gasteiger partial charge in [-0.25, -0.2) is 4.68 Å². The first-order valence-corrected chi connectivity index (χ1v) is 8.62. The maximum absolute atomic E-state index is 13.1. The molecule has 27 heavy (non-hydrogen) atoms. The molecule has 2 aromatic carbocycles. The number of carbonyl (C=O) groups excluding carboxylic acids is 2. The molecule has 0 fully saturated rings. The minimum atomic E-state index is -0.538. The van der Waals surface area contributed by atoms with E-state index in [0.717, 1.165) is 11.0 Å². The summed E-state index contributed by atoms with van der Waals surface area (Å²) in [5.41, 5.74) is 2.59. The van der Waals surface area contributed by atoms with E-state index < -0.39 is 6.04 Å². The van der Waals surface area contributed by atoms with Crippen LogP contribution in [0.4, 0.5) is 5.69 Å². The lowest BCUT2D eigenvalue weighted by Crippen LogP contribution is -2.39. The van der Waals surface area contributed by atoms with E-state index in [1.54, 1.807) is 40.8 Å². The molecule has 0 saturated heterocycles. The van der Waals surface area contributed by atoms with E-state index in [4.69, 9.17) is 4.74 Å². The average Bonchev–Trinajstić information content (AvgIpc) is 3.13. The molecular formula is C20H18N4O3. The molecule has 0 radical (unpaired) electrons. The number of nitrogens with zero attached hydrogens (tertiary/aromatic N) is 4. The first-order chi connectivity index (χ1) is 13.1. The monoisotopic (exact) mass is 362 g/mol. The normalized spacial score (nSPS) is 14.6. The third kappa shape index (κ3) is 2.87. The van der Waals surface area contributed by atoms with Crippen LogP contribution in [0, 0.1) is 0 Å². The number of hydrogen-bond donors (Lipinski definition) is 0. The molecule has 0 bridgehead atoms. The number of anilines is 1. The summed E-state index contributed by atoms with van der Waals surface area (Å²) < 4.78 is 7.08. The van der Waals surface area contributed by atoms with E-state index in [-0.39, 0.29) is 18.3 Å². The number of ketones is 1. The van der Waals surface area contributed by atoms with Crippen LogP contribution in [0.2, 0.25) is 0 Å². The Hall–Kier alpha value is -3.48. The highest BCUT2D eigenvalue weighted by Gasteiger charge is 2.27. The van der Waals surface area contributed by atoms with Crippen molar-refractivity contribution in [3.63, 3.8) is 0 Å². The molecule has 1 aliphatic rings. The van der Waals surface area contributed by atoms with Gasteiger partial charge in [0.05, 0.1) is 11.2 Å². The second-order valence-corrected chi connectivity index (χ2v) is 6.33. The number of ether oxygens (including phenoxy) is 1. The summed E-state index contributed by atoms with van der Waals surface area (Å²) >= 11 is 0. The smallest absolute Gasteiger partial charge is 0.265 e. The molecular weight excluding hydrogens is 344 g/mol. The molecule has 1 aromatic heterocycles. The maximum Gasteiger partial charge on any atom is 0.265 e. The van der Waals surface area contributed by atoms with Crippen molar-refractivity contribution in [3.05, 3.63) is 60.7 Å². The number of hydrogen-bond acceptors (Lipinski definition) is 5. The summed E-state index contributed by atoms with van der Waals surface area (Å²) in [6, 6.07) is 12.1. The van der Waals surface area contributed by atoms with Gasteiger partial charge in [0, 0.05) is 12.1 Å². The zero-order chi connectivity index (χ0) is 19.0. The number of fused-ring (bicyclic) bond motifs is 2. The Morgan fingerprint density at radius 3 is 2.96 bits per heavy atom. The Balaban J connectivity index is 1.70. The van der Waals surface area contributed by atoms with Crippen LogP contribution in [0.15, 0.2) is 55.1 Å². The van der Waals surface area contributed by atoms with Crippen molar-refractivity contribution in [2.45, 2.75) is 13.0 Å². The summed E-state index contributed by atoms with van der Waals surface area (Å²) in [5, 5.41) is 8.24. The van der Waals surface area contributed by atoms with Crippen molar-refractivity contribution in [2.75, 3.05) is 18.1 Å². The molecule has 1 unspecified atom stereocenters. The Morgan fingerprint density at radius 1 is 1.33 bits per heavy atom. The molecule has 7 heteroatoms. The van der Waals surface area contributed by atoms with Crippen LogP contribution >= 0.6 is 0 Å².